The summed E-state index contributed by atoms with van der Waals surface area (Å²) in [6.07, 6.45) is 3.62. The predicted molar refractivity (Wildman–Crippen MR) is 106 cm³/mol. The number of benzene rings is 2. The average molecular weight is 385 g/mol. The molecule has 3 rings (SSSR count). The molecule has 142 valence electrons. The summed E-state index contributed by atoms with van der Waals surface area (Å²) >= 11 is 0. The molecule has 1 heterocycles. The van der Waals surface area contributed by atoms with E-state index in [9.17, 15) is 8.42 Å². The summed E-state index contributed by atoms with van der Waals surface area (Å²) in [4.78, 5) is 0.194. The Balaban J connectivity index is 1.74. The highest BCUT2D eigenvalue weighted by Crippen LogP contribution is 2.16. The van der Waals surface area contributed by atoms with Crippen molar-refractivity contribution in [1.29, 1.82) is 0 Å². The van der Waals surface area contributed by atoms with Gasteiger partial charge in [0.2, 0.25) is 10.0 Å². The van der Waals surface area contributed by atoms with E-state index in [2.05, 4.69) is 5.10 Å². The molecule has 0 unspecified atom stereocenters. The van der Waals surface area contributed by atoms with Crippen molar-refractivity contribution in [3.05, 3.63) is 84.2 Å². The van der Waals surface area contributed by atoms with Crippen LogP contribution in [0, 0.1) is 0 Å². The van der Waals surface area contributed by atoms with Crippen LogP contribution in [0.2, 0.25) is 0 Å². The number of aromatic nitrogens is 2. The lowest BCUT2D eigenvalue weighted by Crippen LogP contribution is -2.36. The van der Waals surface area contributed by atoms with Gasteiger partial charge in [0, 0.05) is 25.8 Å². The van der Waals surface area contributed by atoms with Crippen LogP contribution in [-0.2, 0) is 23.0 Å². The van der Waals surface area contributed by atoms with Crippen molar-refractivity contribution in [2.24, 2.45) is 5.73 Å². The minimum absolute atomic E-state index is 0.194. The van der Waals surface area contributed by atoms with E-state index in [1.165, 1.54) is 10.5 Å². The second-order valence-electron chi connectivity index (χ2n) is 6.29. The fourth-order valence-corrected chi connectivity index (χ4v) is 4.29. The zero-order valence-corrected chi connectivity index (χ0v) is 15.9. The monoisotopic (exact) mass is 384 g/mol. The van der Waals surface area contributed by atoms with Crippen LogP contribution in [0.4, 0.5) is 0 Å². The number of hydrogen-bond donors (Lipinski definition) is 1. The first-order valence-corrected chi connectivity index (χ1v) is 10.3. The summed E-state index contributed by atoms with van der Waals surface area (Å²) in [6, 6.07) is 19.6. The Bertz CT molecular complexity index is 940. The second-order valence-corrected chi connectivity index (χ2v) is 8.23. The molecule has 1 aromatic heterocycles. The fourth-order valence-electron chi connectivity index (χ4n) is 2.88. The molecule has 0 aliphatic heterocycles. The van der Waals surface area contributed by atoms with Gasteiger partial charge in [0.1, 0.15) is 4.90 Å². The van der Waals surface area contributed by atoms with E-state index in [0.717, 1.165) is 11.1 Å². The smallest absolute Gasteiger partial charge is 0.246 e. The molecule has 6 nitrogen and oxygen atoms in total. The summed E-state index contributed by atoms with van der Waals surface area (Å²) < 4.78 is 29.1. The lowest BCUT2D eigenvalue weighted by Gasteiger charge is -2.20. The van der Waals surface area contributed by atoms with Crippen LogP contribution >= 0.6 is 0 Å². The van der Waals surface area contributed by atoms with Gasteiger partial charge < -0.3 is 5.73 Å². The molecule has 2 aromatic carbocycles. The second kappa shape index (κ2) is 8.94. The molecule has 0 saturated carbocycles. The maximum Gasteiger partial charge on any atom is 0.246 e. The number of nitrogens with zero attached hydrogens (tertiary/aromatic N) is 3. The molecule has 0 radical (unpaired) electrons. The molecule has 7 heteroatoms. The summed E-state index contributed by atoms with van der Waals surface area (Å²) in [6.45, 7) is 1.45. The topological polar surface area (TPSA) is 81.2 Å². The molecule has 2 N–H and O–H groups in total. The van der Waals surface area contributed by atoms with Gasteiger partial charge in [-0.15, -0.1) is 0 Å². The number of sulfonamides is 1. The maximum absolute atomic E-state index is 13.0. The van der Waals surface area contributed by atoms with Crippen molar-refractivity contribution in [3.8, 4) is 0 Å². The third-order valence-electron chi connectivity index (χ3n) is 4.31. The zero-order chi connectivity index (χ0) is 19.1. The van der Waals surface area contributed by atoms with E-state index in [1.807, 2.05) is 60.7 Å². The number of hydrogen-bond acceptors (Lipinski definition) is 4. The molecule has 0 bridgehead atoms. The Morgan fingerprint density at radius 2 is 1.56 bits per heavy atom. The first kappa shape index (κ1) is 19.3. The Labute approximate surface area is 160 Å². The molecule has 0 atom stereocenters. The highest BCUT2D eigenvalue weighted by atomic mass is 32.2. The molecular weight excluding hydrogens is 360 g/mol. The van der Waals surface area contributed by atoms with Gasteiger partial charge in [0.05, 0.1) is 12.7 Å². The van der Waals surface area contributed by atoms with Crippen LogP contribution < -0.4 is 5.73 Å². The summed E-state index contributed by atoms with van der Waals surface area (Å²) in [5.41, 5.74) is 7.81. The summed E-state index contributed by atoms with van der Waals surface area (Å²) in [7, 11) is -3.63. The quantitative estimate of drug-likeness (QED) is 0.613. The van der Waals surface area contributed by atoms with Crippen LogP contribution in [0.1, 0.15) is 11.1 Å². The van der Waals surface area contributed by atoms with Gasteiger partial charge in [0.15, 0.2) is 0 Å². The van der Waals surface area contributed by atoms with Gasteiger partial charge >= 0.3 is 0 Å². The van der Waals surface area contributed by atoms with E-state index in [-0.39, 0.29) is 18.0 Å². The number of nitrogens with two attached hydrogens (primary N) is 1. The predicted octanol–water partition coefficient (Wildman–Crippen LogP) is 2.12. The van der Waals surface area contributed by atoms with E-state index in [4.69, 9.17) is 5.73 Å². The average Bonchev–Trinajstić information content (AvgIpc) is 3.16. The van der Waals surface area contributed by atoms with Crippen LogP contribution in [0.5, 0.6) is 0 Å². The molecule has 0 fully saturated rings. The fraction of sp³-hybridized carbons (Fsp3) is 0.250. The Kier molecular flexibility index (Phi) is 6.39. The molecule has 0 aliphatic carbocycles. The molecule has 27 heavy (non-hydrogen) atoms. The van der Waals surface area contributed by atoms with E-state index < -0.39 is 10.0 Å². The standard InChI is InChI=1S/C20H24N4O2S/c21-12-14-24(13-11-18-7-3-1-4-8-18)27(25,26)20-15-22-23(17-20)16-19-9-5-2-6-10-19/h1-10,15,17H,11-14,16,21H2. The first-order chi connectivity index (χ1) is 13.1. The minimum atomic E-state index is -3.63. The van der Waals surface area contributed by atoms with Crippen molar-refractivity contribution < 1.29 is 8.42 Å². The molecule has 0 saturated heterocycles. The van der Waals surface area contributed by atoms with Gasteiger partial charge in [-0.05, 0) is 17.5 Å². The normalized spacial score (nSPS) is 11.8. The molecule has 0 spiro atoms. The first-order valence-electron chi connectivity index (χ1n) is 8.90. The number of rotatable bonds is 9. The van der Waals surface area contributed by atoms with E-state index in [1.54, 1.807) is 10.9 Å². The van der Waals surface area contributed by atoms with Crippen molar-refractivity contribution >= 4 is 10.0 Å². The van der Waals surface area contributed by atoms with Gasteiger partial charge in [0.25, 0.3) is 0 Å². The van der Waals surface area contributed by atoms with Crippen LogP contribution in [-0.4, -0.2) is 42.1 Å². The van der Waals surface area contributed by atoms with Gasteiger partial charge in [-0.3, -0.25) is 4.68 Å². The third-order valence-corrected chi connectivity index (χ3v) is 6.16. The van der Waals surface area contributed by atoms with Gasteiger partial charge in [-0.2, -0.15) is 9.40 Å². The van der Waals surface area contributed by atoms with E-state index in [0.29, 0.717) is 19.5 Å². The molecular formula is C20H24N4O2S. The van der Waals surface area contributed by atoms with E-state index >= 15 is 0 Å². The van der Waals surface area contributed by atoms with Crippen molar-refractivity contribution in [2.45, 2.75) is 17.9 Å². The molecule has 0 aliphatic rings. The Morgan fingerprint density at radius 3 is 2.19 bits per heavy atom. The highest BCUT2D eigenvalue weighted by molar-refractivity contribution is 7.89. The largest absolute Gasteiger partial charge is 0.329 e. The Hall–Kier alpha value is -2.48. The van der Waals surface area contributed by atoms with Crippen LogP contribution in [0.25, 0.3) is 0 Å². The van der Waals surface area contributed by atoms with Crippen molar-refractivity contribution in [1.82, 2.24) is 14.1 Å². The van der Waals surface area contributed by atoms with Gasteiger partial charge in [-0.1, -0.05) is 60.7 Å². The zero-order valence-electron chi connectivity index (χ0n) is 15.1. The summed E-state index contributed by atoms with van der Waals surface area (Å²) in [5, 5.41) is 4.22. The minimum Gasteiger partial charge on any atom is -0.329 e. The molecule has 3 aromatic rings. The molecule has 0 amide bonds. The Morgan fingerprint density at radius 1 is 0.926 bits per heavy atom. The SMILES string of the molecule is NCCN(CCc1ccccc1)S(=O)(=O)c1cnn(Cc2ccccc2)c1. The third kappa shape index (κ3) is 5.03. The van der Waals surface area contributed by atoms with Crippen molar-refractivity contribution in [2.75, 3.05) is 19.6 Å². The van der Waals surface area contributed by atoms with Crippen LogP contribution in [0.3, 0.4) is 0 Å². The van der Waals surface area contributed by atoms with Crippen LogP contribution in [0.15, 0.2) is 78.0 Å². The maximum atomic E-state index is 13.0. The van der Waals surface area contributed by atoms with Gasteiger partial charge in [-0.25, -0.2) is 8.42 Å². The summed E-state index contributed by atoms with van der Waals surface area (Å²) in [5.74, 6) is 0. The van der Waals surface area contributed by atoms with Crippen molar-refractivity contribution in [3.63, 3.8) is 0 Å². The lowest BCUT2D eigenvalue weighted by atomic mass is 10.1. The lowest BCUT2D eigenvalue weighted by molar-refractivity contribution is 0.421. The highest BCUT2D eigenvalue weighted by Gasteiger charge is 2.25.